The molecule has 1 heterocycles. The van der Waals surface area contributed by atoms with Crippen LogP contribution in [0.5, 0.6) is 0 Å². The van der Waals surface area contributed by atoms with E-state index in [0.717, 1.165) is 51.4 Å². The second-order valence-electron chi connectivity index (χ2n) is 14.4. The van der Waals surface area contributed by atoms with Gasteiger partial charge in [-0.15, -0.1) is 0 Å². The van der Waals surface area contributed by atoms with Crippen LogP contribution >= 0.6 is 0 Å². The van der Waals surface area contributed by atoms with Crippen LogP contribution in [0.1, 0.15) is 181 Å². The molecule has 1 rings (SSSR count). The smallest absolute Gasteiger partial charge is 0.220 e. The van der Waals surface area contributed by atoms with Gasteiger partial charge in [-0.25, -0.2) is 0 Å². The van der Waals surface area contributed by atoms with Gasteiger partial charge in [0.2, 0.25) is 5.91 Å². The molecule has 0 aliphatic carbocycles. The van der Waals surface area contributed by atoms with Crippen LogP contribution in [0.25, 0.3) is 0 Å². The molecule has 0 saturated carbocycles. The fourth-order valence-corrected chi connectivity index (χ4v) is 6.51. The Bertz CT molecular complexity index is 781. The Morgan fingerprint density at radius 2 is 1.14 bits per heavy atom. The molecule has 0 spiro atoms. The number of carbonyl (C=O) groups excluding carboxylic acids is 1. The molecule has 7 atom stereocenters. The Balaban J connectivity index is 2.40. The molecule has 1 amide bonds. The summed E-state index contributed by atoms with van der Waals surface area (Å²) < 4.78 is 11.2. The minimum atomic E-state index is -1.55. The second-order valence-corrected chi connectivity index (χ2v) is 14.4. The molecule has 1 fully saturated rings. The first kappa shape index (κ1) is 46.0. The summed E-state index contributed by atoms with van der Waals surface area (Å²) in [6, 6.07) is -0.717. The minimum absolute atomic E-state index is 0.139. The highest BCUT2D eigenvalue weighted by Gasteiger charge is 2.44. The van der Waals surface area contributed by atoms with Crippen LogP contribution in [0.4, 0.5) is 0 Å². The third-order valence-electron chi connectivity index (χ3n) is 9.87. The van der Waals surface area contributed by atoms with Crippen LogP contribution in [-0.4, -0.2) is 87.5 Å². The minimum Gasteiger partial charge on any atom is -0.394 e. The number of ether oxygens (including phenoxy) is 2. The van der Waals surface area contributed by atoms with E-state index in [1.165, 1.54) is 103 Å². The number of carbonyl (C=O) groups is 1. The van der Waals surface area contributed by atoms with Crippen LogP contribution in [0, 0.1) is 0 Å². The second kappa shape index (κ2) is 31.6. The van der Waals surface area contributed by atoms with E-state index in [2.05, 4.69) is 31.3 Å². The van der Waals surface area contributed by atoms with Crippen molar-refractivity contribution in [3.05, 3.63) is 12.2 Å². The highest BCUT2D eigenvalue weighted by Crippen LogP contribution is 2.23. The quantitative estimate of drug-likeness (QED) is 0.0307. The Labute approximate surface area is 299 Å². The zero-order valence-electron chi connectivity index (χ0n) is 31.5. The van der Waals surface area contributed by atoms with Crippen LogP contribution in [0.3, 0.4) is 0 Å². The van der Waals surface area contributed by atoms with Gasteiger partial charge in [0.25, 0.3) is 0 Å². The van der Waals surface area contributed by atoms with Crippen LogP contribution in [-0.2, 0) is 14.3 Å². The molecule has 1 aliphatic heterocycles. The molecule has 49 heavy (non-hydrogen) atoms. The van der Waals surface area contributed by atoms with Crippen molar-refractivity contribution in [2.75, 3.05) is 13.2 Å². The Kier molecular flexibility index (Phi) is 29.7. The molecule has 0 aromatic rings. The summed E-state index contributed by atoms with van der Waals surface area (Å²) in [6.07, 6.45) is 26.4. The summed E-state index contributed by atoms with van der Waals surface area (Å²) in [5.74, 6) is -0.155. The third kappa shape index (κ3) is 23.2. The van der Waals surface area contributed by atoms with Crippen molar-refractivity contribution in [3.8, 4) is 0 Å². The monoisotopic (exact) mass is 700 g/mol. The first-order chi connectivity index (χ1) is 23.8. The molecule has 6 N–H and O–H groups in total. The highest BCUT2D eigenvalue weighted by molar-refractivity contribution is 5.76. The van der Waals surface area contributed by atoms with Crippen LogP contribution in [0.15, 0.2) is 12.2 Å². The van der Waals surface area contributed by atoms with E-state index in [9.17, 15) is 30.3 Å². The lowest BCUT2D eigenvalue weighted by molar-refractivity contribution is -0.302. The molecule has 290 valence electrons. The van der Waals surface area contributed by atoms with E-state index in [0.29, 0.717) is 12.8 Å². The maximum atomic E-state index is 12.9. The van der Waals surface area contributed by atoms with Crippen molar-refractivity contribution < 1.29 is 39.8 Å². The number of hydrogen-bond donors (Lipinski definition) is 6. The van der Waals surface area contributed by atoms with E-state index in [1.54, 1.807) is 0 Å². The van der Waals surface area contributed by atoms with E-state index in [4.69, 9.17) is 9.47 Å². The van der Waals surface area contributed by atoms with E-state index >= 15 is 0 Å². The Hall–Kier alpha value is -1.07. The standard InChI is InChI=1S/C40H77NO8/c1-3-5-7-9-11-13-15-17-18-20-22-24-26-28-30-36(44)41-33(32-48-40-39(47)38(46)37(45)35(31-42)49-40)34(43)29-27-25-23-21-19-16-14-12-10-8-6-4-2/h15,17,33-35,37-40,42-43,45-47H,3-14,16,18-32H2,1-2H3,(H,41,44)/b17-15+/t33-,34+,35-,37-,38?,39?,40-/m0/s1. The summed E-state index contributed by atoms with van der Waals surface area (Å²) >= 11 is 0. The molecular weight excluding hydrogens is 622 g/mol. The van der Waals surface area contributed by atoms with Gasteiger partial charge in [-0.2, -0.15) is 0 Å². The molecule has 0 radical (unpaired) electrons. The molecule has 0 bridgehead atoms. The predicted molar refractivity (Wildman–Crippen MR) is 198 cm³/mol. The van der Waals surface area contributed by atoms with Gasteiger partial charge in [0, 0.05) is 6.42 Å². The third-order valence-corrected chi connectivity index (χ3v) is 9.87. The average Bonchev–Trinajstić information content (AvgIpc) is 3.10. The summed E-state index contributed by atoms with van der Waals surface area (Å²) in [5, 5.41) is 54.1. The van der Waals surface area contributed by atoms with Crippen molar-refractivity contribution in [1.29, 1.82) is 0 Å². The number of allylic oxidation sites excluding steroid dienone is 2. The number of aliphatic hydroxyl groups excluding tert-OH is 5. The number of aliphatic hydroxyl groups is 5. The summed E-state index contributed by atoms with van der Waals surface area (Å²) in [7, 11) is 0. The fraction of sp³-hybridized carbons (Fsp3) is 0.925. The fourth-order valence-electron chi connectivity index (χ4n) is 6.51. The SMILES string of the molecule is CCCCCCC/C=C/CCCCCCCC(=O)N[C@@H](CO[C@H]1O[C@@H](CO)[C@H](O)C(O)C1O)[C@H](O)CCCCCCCCCCCCCC. The molecule has 0 aromatic heterocycles. The Morgan fingerprint density at radius 1 is 0.673 bits per heavy atom. The number of rotatable bonds is 33. The molecule has 9 heteroatoms. The van der Waals surface area contributed by atoms with Gasteiger partial charge >= 0.3 is 0 Å². The first-order valence-corrected chi connectivity index (χ1v) is 20.4. The lowest BCUT2D eigenvalue weighted by Gasteiger charge is -2.40. The van der Waals surface area contributed by atoms with Gasteiger partial charge < -0.3 is 40.3 Å². The molecule has 2 unspecified atom stereocenters. The van der Waals surface area contributed by atoms with Gasteiger partial charge in [0.15, 0.2) is 6.29 Å². The number of unbranched alkanes of at least 4 members (excludes halogenated alkanes) is 21. The van der Waals surface area contributed by atoms with Crippen LogP contribution in [0.2, 0.25) is 0 Å². The van der Waals surface area contributed by atoms with E-state index in [1.807, 2.05) is 0 Å². The number of amides is 1. The molecule has 0 aromatic carbocycles. The zero-order chi connectivity index (χ0) is 36.0. The molecule has 1 aliphatic rings. The Morgan fingerprint density at radius 3 is 1.65 bits per heavy atom. The van der Waals surface area contributed by atoms with Crippen LogP contribution < -0.4 is 5.32 Å². The summed E-state index contributed by atoms with van der Waals surface area (Å²) in [4.78, 5) is 12.9. The zero-order valence-corrected chi connectivity index (χ0v) is 31.5. The van der Waals surface area contributed by atoms with Gasteiger partial charge in [0.1, 0.15) is 24.4 Å². The maximum Gasteiger partial charge on any atom is 0.220 e. The normalized spacial score (nSPS) is 22.5. The molecule has 9 nitrogen and oxygen atoms in total. The lowest BCUT2D eigenvalue weighted by Crippen LogP contribution is -2.60. The topological polar surface area (TPSA) is 149 Å². The summed E-state index contributed by atoms with van der Waals surface area (Å²) in [6.45, 7) is 3.79. The van der Waals surface area contributed by atoms with Crippen molar-refractivity contribution >= 4 is 5.91 Å². The van der Waals surface area contributed by atoms with Crippen molar-refractivity contribution in [3.63, 3.8) is 0 Å². The first-order valence-electron chi connectivity index (χ1n) is 20.4. The lowest BCUT2D eigenvalue weighted by atomic mass is 9.99. The van der Waals surface area contributed by atoms with Crippen molar-refractivity contribution in [1.82, 2.24) is 5.32 Å². The number of nitrogens with one attached hydrogen (secondary N) is 1. The van der Waals surface area contributed by atoms with Crippen molar-refractivity contribution in [2.24, 2.45) is 0 Å². The molecule has 1 saturated heterocycles. The predicted octanol–water partition coefficient (Wildman–Crippen LogP) is 7.39. The van der Waals surface area contributed by atoms with E-state index < -0.39 is 49.5 Å². The summed E-state index contributed by atoms with van der Waals surface area (Å²) in [5.41, 5.74) is 0. The average molecular weight is 700 g/mol. The van der Waals surface area contributed by atoms with Gasteiger partial charge in [-0.3, -0.25) is 4.79 Å². The van der Waals surface area contributed by atoms with Gasteiger partial charge in [-0.05, 0) is 38.5 Å². The highest BCUT2D eigenvalue weighted by atomic mass is 16.7. The largest absolute Gasteiger partial charge is 0.394 e. The number of hydrogen-bond acceptors (Lipinski definition) is 8. The molecular formula is C40H77NO8. The van der Waals surface area contributed by atoms with Gasteiger partial charge in [-0.1, -0.05) is 148 Å². The maximum absolute atomic E-state index is 12.9. The van der Waals surface area contributed by atoms with Crippen molar-refractivity contribution in [2.45, 2.75) is 224 Å². The van der Waals surface area contributed by atoms with Gasteiger partial charge in [0.05, 0.1) is 25.4 Å². The van der Waals surface area contributed by atoms with E-state index in [-0.39, 0.29) is 12.5 Å².